The average molecular weight is 569 g/mol. The Labute approximate surface area is 242 Å². The second-order valence-electron chi connectivity index (χ2n) is 10.7. The highest BCUT2D eigenvalue weighted by Gasteiger charge is 2.56. The number of piperazine rings is 1. The second-order valence-corrected chi connectivity index (χ2v) is 10.7. The van der Waals surface area contributed by atoms with Crippen LogP contribution in [-0.4, -0.2) is 43.0 Å². The lowest BCUT2D eigenvalue weighted by atomic mass is 9.62. The van der Waals surface area contributed by atoms with Crippen LogP contribution in [0.3, 0.4) is 0 Å². The number of nitriles is 1. The number of rotatable bonds is 4. The minimum atomic E-state index is -4.85. The van der Waals surface area contributed by atoms with Gasteiger partial charge in [0.25, 0.3) is 0 Å². The van der Waals surface area contributed by atoms with Crippen molar-refractivity contribution < 1.29 is 27.7 Å². The summed E-state index contributed by atoms with van der Waals surface area (Å²) < 4.78 is 56.8. The molecule has 1 spiro atoms. The zero-order valence-corrected chi connectivity index (χ0v) is 23.0. The Morgan fingerprint density at radius 1 is 1.02 bits per heavy atom. The van der Waals surface area contributed by atoms with Gasteiger partial charge in [0.15, 0.2) is 5.60 Å². The third-order valence-electron chi connectivity index (χ3n) is 8.19. The number of fused-ring (bicyclic) bond motifs is 6. The highest BCUT2D eigenvalue weighted by atomic mass is 19.4. The van der Waals surface area contributed by atoms with Gasteiger partial charge in [-0.25, -0.2) is 5.26 Å². The molecule has 0 amide bonds. The Morgan fingerprint density at radius 3 is 2.40 bits per heavy atom. The second kappa shape index (κ2) is 9.74. The quantitative estimate of drug-likeness (QED) is 0.328. The third kappa shape index (κ3) is 4.15. The lowest BCUT2D eigenvalue weighted by molar-refractivity contribution is -0.139. The summed E-state index contributed by atoms with van der Waals surface area (Å²) in [5.74, 6) is 2.01. The molecule has 212 valence electrons. The number of hydrogen-bond donors (Lipinski definition) is 1. The Morgan fingerprint density at radius 2 is 1.74 bits per heavy atom. The van der Waals surface area contributed by atoms with Crippen LogP contribution in [0.5, 0.6) is 11.5 Å². The van der Waals surface area contributed by atoms with Gasteiger partial charge in [0, 0.05) is 66.3 Å². The summed E-state index contributed by atoms with van der Waals surface area (Å²) in [7, 11) is 0. The van der Waals surface area contributed by atoms with Crippen LogP contribution < -0.4 is 15.1 Å². The van der Waals surface area contributed by atoms with Crippen molar-refractivity contribution in [2.45, 2.75) is 18.7 Å². The van der Waals surface area contributed by atoms with Crippen LogP contribution in [0.1, 0.15) is 34.7 Å². The molecule has 0 saturated carbocycles. The number of alkyl halides is 3. The molecule has 1 saturated heterocycles. The molecule has 0 radical (unpaired) electrons. The average Bonchev–Trinajstić information content (AvgIpc) is 3.27. The zero-order chi connectivity index (χ0) is 30.0. The molecule has 6 rings (SSSR count). The summed E-state index contributed by atoms with van der Waals surface area (Å²) in [6, 6.07) is 14.5. The number of allylic oxidation sites excluding steroid dienone is 1. The van der Waals surface area contributed by atoms with Crippen molar-refractivity contribution in [1.29, 1.82) is 5.26 Å². The van der Waals surface area contributed by atoms with E-state index in [0.717, 1.165) is 36.1 Å². The first kappa shape index (κ1) is 27.5. The van der Waals surface area contributed by atoms with E-state index in [1.54, 1.807) is 42.4 Å². The van der Waals surface area contributed by atoms with Gasteiger partial charge in [0.2, 0.25) is 0 Å². The largest absolute Gasteiger partial charge is 0.473 e. The van der Waals surface area contributed by atoms with Gasteiger partial charge < -0.3 is 24.3 Å². The molecule has 3 aromatic rings. The van der Waals surface area contributed by atoms with Crippen molar-refractivity contribution in [2.24, 2.45) is 0 Å². The van der Waals surface area contributed by atoms with E-state index in [0.29, 0.717) is 35.5 Å². The molecule has 1 atom stereocenters. The van der Waals surface area contributed by atoms with Crippen LogP contribution in [0.25, 0.3) is 5.76 Å². The Bertz CT molecular complexity index is 1710. The Kier molecular flexibility index (Phi) is 6.39. The molecule has 1 unspecified atom stereocenters. The SMILES string of the molecule is C=C(C)C(=C)N1CCN(c2ccc3c(c2)Oc2cc(B(O)C#N)cc(C(F)(F)F)c2C32OC(=C)c3ccccc32)CC1. The zero-order valence-electron chi connectivity index (χ0n) is 23.0. The van der Waals surface area contributed by atoms with Crippen molar-refractivity contribution in [2.75, 3.05) is 31.1 Å². The fourth-order valence-electron chi connectivity index (χ4n) is 6.09. The van der Waals surface area contributed by atoms with Crippen LogP contribution in [0.2, 0.25) is 0 Å². The van der Waals surface area contributed by atoms with Gasteiger partial charge in [-0.1, -0.05) is 50.1 Å². The molecule has 3 aromatic carbocycles. The first-order chi connectivity index (χ1) is 20.0. The lowest BCUT2D eigenvalue weighted by Crippen LogP contribution is -2.46. The first-order valence-corrected chi connectivity index (χ1v) is 13.4. The molecule has 3 heterocycles. The number of nitrogens with zero attached hydrogens (tertiary/aromatic N) is 3. The van der Waals surface area contributed by atoms with Gasteiger partial charge in [-0.2, -0.15) is 13.2 Å². The number of halogens is 3. The van der Waals surface area contributed by atoms with Gasteiger partial charge in [-0.05, 0) is 36.2 Å². The van der Waals surface area contributed by atoms with Gasteiger partial charge in [-0.15, -0.1) is 0 Å². The minimum absolute atomic E-state index is 0.147. The molecule has 0 aliphatic carbocycles. The lowest BCUT2D eigenvalue weighted by Gasteiger charge is -2.41. The van der Waals surface area contributed by atoms with Crippen molar-refractivity contribution in [3.63, 3.8) is 0 Å². The molecule has 42 heavy (non-hydrogen) atoms. The van der Waals surface area contributed by atoms with E-state index in [-0.39, 0.29) is 22.5 Å². The maximum atomic E-state index is 14.7. The summed E-state index contributed by atoms with van der Waals surface area (Å²) in [6.45, 7) is 15.1. The maximum Gasteiger partial charge on any atom is 0.445 e. The highest BCUT2D eigenvalue weighted by molar-refractivity contribution is 6.73. The van der Waals surface area contributed by atoms with Gasteiger partial charge in [0.05, 0.1) is 11.1 Å². The number of anilines is 1. The van der Waals surface area contributed by atoms with E-state index >= 15 is 0 Å². The molecule has 1 fully saturated rings. The standard InChI is InChI=1S/C32H27BF3N3O3/c1-19(2)20(3)38-11-13-39(14-12-38)23-9-10-26-28(17-23)41-29-16-22(33(40)18-37)15-27(32(34,35)36)30(29)31(26)25-8-6-5-7-24(25)21(4)42-31/h5-10,15-17,40H,1,3-4,11-14H2,2H3. The number of hydrogen-bond acceptors (Lipinski definition) is 6. The highest BCUT2D eigenvalue weighted by Crippen LogP contribution is 2.60. The number of benzene rings is 3. The topological polar surface area (TPSA) is 69.0 Å². The van der Waals surface area contributed by atoms with E-state index in [4.69, 9.17) is 9.47 Å². The van der Waals surface area contributed by atoms with Gasteiger partial charge >= 0.3 is 13.1 Å². The van der Waals surface area contributed by atoms with Crippen molar-refractivity contribution >= 4 is 23.8 Å². The molecule has 0 bridgehead atoms. The summed E-state index contributed by atoms with van der Waals surface area (Å²) in [5, 5.41) is 19.5. The minimum Gasteiger partial charge on any atom is -0.473 e. The molecule has 3 aliphatic heterocycles. The van der Waals surface area contributed by atoms with Crippen LogP contribution in [0, 0.1) is 11.2 Å². The van der Waals surface area contributed by atoms with Crippen molar-refractivity contribution in [1.82, 2.24) is 4.90 Å². The van der Waals surface area contributed by atoms with E-state index in [2.05, 4.69) is 29.5 Å². The summed E-state index contributed by atoms with van der Waals surface area (Å²) in [5.41, 5.74) is 0.885. The third-order valence-corrected chi connectivity index (χ3v) is 8.19. The Balaban J connectivity index is 1.52. The molecule has 6 nitrogen and oxygen atoms in total. The van der Waals surface area contributed by atoms with Gasteiger partial charge in [-0.3, -0.25) is 0 Å². The van der Waals surface area contributed by atoms with E-state index in [1.807, 2.05) is 13.0 Å². The molecule has 0 aromatic heterocycles. The van der Waals surface area contributed by atoms with E-state index in [9.17, 15) is 23.5 Å². The van der Waals surface area contributed by atoms with E-state index in [1.165, 1.54) is 6.07 Å². The number of ether oxygens (including phenoxy) is 2. The van der Waals surface area contributed by atoms with Crippen LogP contribution >= 0.6 is 0 Å². The summed E-state index contributed by atoms with van der Waals surface area (Å²) in [4.78, 5) is 4.35. The smallest absolute Gasteiger partial charge is 0.445 e. The molecular weight excluding hydrogens is 542 g/mol. The fraction of sp³-hybridized carbons (Fsp3) is 0.219. The first-order valence-electron chi connectivity index (χ1n) is 13.4. The molecule has 3 aliphatic rings. The normalized spacial score (nSPS) is 18.8. The van der Waals surface area contributed by atoms with Crippen molar-refractivity contribution in [3.05, 3.63) is 113 Å². The predicted octanol–water partition coefficient (Wildman–Crippen LogP) is 5.57. The Hall–Kier alpha value is -4.62. The monoisotopic (exact) mass is 569 g/mol. The maximum absolute atomic E-state index is 14.7. The summed E-state index contributed by atoms with van der Waals surface area (Å²) in [6.07, 6.45) is -4.85. The van der Waals surface area contributed by atoms with Crippen LogP contribution in [0.15, 0.2) is 85.6 Å². The molecule has 10 heteroatoms. The van der Waals surface area contributed by atoms with Crippen molar-refractivity contribution in [3.8, 4) is 17.5 Å². The summed E-state index contributed by atoms with van der Waals surface area (Å²) >= 11 is 0. The molecular formula is C32H27BF3N3O3. The van der Waals surface area contributed by atoms with Gasteiger partial charge in [0.1, 0.15) is 17.3 Å². The van der Waals surface area contributed by atoms with Crippen LogP contribution in [-0.2, 0) is 16.5 Å². The molecule has 1 N–H and O–H groups in total. The van der Waals surface area contributed by atoms with Crippen LogP contribution in [0.4, 0.5) is 18.9 Å². The predicted molar refractivity (Wildman–Crippen MR) is 155 cm³/mol. The fourth-order valence-corrected chi connectivity index (χ4v) is 6.09. The van der Waals surface area contributed by atoms with E-state index < -0.39 is 24.3 Å².